The summed E-state index contributed by atoms with van der Waals surface area (Å²) in [6.45, 7) is 6.57. The molecule has 0 heterocycles. The summed E-state index contributed by atoms with van der Waals surface area (Å²) in [5.41, 5.74) is -0.777. The first-order valence-corrected chi connectivity index (χ1v) is 4.63. The summed E-state index contributed by atoms with van der Waals surface area (Å²) in [5.74, 6) is -0.884. The smallest absolute Gasteiger partial charge is 0.330 e. The highest BCUT2D eigenvalue weighted by atomic mass is 28.2. The van der Waals surface area contributed by atoms with Gasteiger partial charge in [-0.05, 0) is 13.8 Å². The van der Waals surface area contributed by atoms with E-state index in [1.54, 1.807) is 13.8 Å². The molecule has 0 aromatic carbocycles. The van der Waals surface area contributed by atoms with Crippen molar-refractivity contribution in [3.63, 3.8) is 0 Å². The molecule has 0 saturated heterocycles. The molecule has 0 rings (SSSR count). The Bertz CT molecular complexity index is 222. The lowest BCUT2D eigenvalue weighted by atomic mass is 9.95. The fourth-order valence-electron chi connectivity index (χ4n) is 0.646. The van der Waals surface area contributed by atoms with Crippen LogP contribution < -0.4 is 0 Å². The summed E-state index contributed by atoms with van der Waals surface area (Å²) < 4.78 is 9.40. The van der Waals surface area contributed by atoms with Gasteiger partial charge >= 0.3 is 11.9 Å². The molecule has 0 amide bonds. The van der Waals surface area contributed by atoms with Gasteiger partial charge in [0.05, 0.1) is 5.41 Å². The predicted molar refractivity (Wildman–Crippen MR) is 51.0 cm³/mol. The lowest BCUT2D eigenvalue weighted by Crippen LogP contribution is -2.31. The molecule has 13 heavy (non-hydrogen) atoms. The van der Waals surface area contributed by atoms with Crippen LogP contribution in [0, 0.1) is 5.41 Å². The van der Waals surface area contributed by atoms with Crippen LogP contribution in [-0.2, 0) is 18.8 Å². The predicted octanol–water partition coefficient (Wildman–Crippen LogP) is -0.435. The minimum atomic E-state index is -0.777. The van der Waals surface area contributed by atoms with E-state index < -0.39 is 11.4 Å². The van der Waals surface area contributed by atoms with Crippen molar-refractivity contribution in [2.24, 2.45) is 5.41 Å². The SMILES string of the molecule is C=CC(=O)OCC(C)(C)C(=O)O[SiH3]. The summed E-state index contributed by atoms with van der Waals surface area (Å²) in [6, 6.07) is 0. The molecule has 0 fully saturated rings. The molecule has 0 unspecified atom stereocenters. The Morgan fingerprint density at radius 2 is 2.08 bits per heavy atom. The summed E-state index contributed by atoms with van der Waals surface area (Å²) in [5, 5.41) is 0. The zero-order valence-electron chi connectivity index (χ0n) is 8.12. The van der Waals surface area contributed by atoms with Crippen molar-refractivity contribution in [2.75, 3.05) is 6.61 Å². The van der Waals surface area contributed by atoms with E-state index in [4.69, 9.17) is 4.74 Å². The first-order chi connectivity index (χ1) is 5.94. The average Bonchev–Trinajstić information content (AvgIpc) is 2.12. The van der Waals surface area contributed by atoms with Crippen molar-refractivity contribution in [1.82, 2.24) is 0 Å². The highest BCUT2D eigenvalue weighted by Gasteiger charge is 2.29. The molecule has 0 aliphatic carbocycles. The van der Waals surface area contributed by atoms with E-state index in [1.807, 2.05) is 0 Å². The maximum Gasteiger partial charge on any atom is 0.330 e. The van der Waals surface area contributed by atoms with Crippen molar-refractivity contribution in [2.45, 2.75) is 13.8 Å². The minimum absolute atomic E-state index is 0.0128. The quantitative estimate of drug-likeness (QED) is 0.352. The van der Waals surface area contributed by atoms with Crippen molar-refractivity contribution >= 4 is 22.4 Å². The van der Waals surface area contributed by atoms with E-state index in [1.165, 1.54) is 0 Å². The molecule has 0 aliphatic heterocycles. The molecule has 0 atom stereocenters. The standard InChI is InChI=1S/C8H14O4Si/c1-4-6(9)11-5-8(2,3)7(10)12-13/h4H,1,5H2,2-3,13H3. The Kier molecular flexibility index (Phi) is 4.40. The van der Waals surface area contributed by atoms with Crippen molar-refractivity contribution < 1.29 is 18.8 Å². The molecular formula is C8H14O4Si. The van der Waals surface area contributed by atoms with Gasteiger partial charge in [-0.15, -0.1) is 0 Å². The van der Waals surface area contributed by atoms with Gasteiger partial charge in [-0.1, -0.05) is 6.58 Å². The lowest BCUT2D eigenvalue weighted by Gasteiger charge is -2.20. The van der Waals surface area contributed by atoms with E-state index in [9.17, 15) is 9.59 Å². The third-order valence-electron chi connectivity index (χ3n) is 1.48. The molecule has 0 aromatic heterocycles. The zero-order valence-corrected chi connectivity index (χ0v) is 10.1. The van der Waals surface area contributed by atoms with Gasteiger partial charge in [0.1, 0.15) is 6.61 Å². The van der Waals surface area contributed by atoms with Gasteiger partial charge in [-0.3, -0.25) is 4.79 Å². The van der Waals surface area contributed by atoms with Crippen LogP contribution in [0.4, 0.5) is 0 Å². The van der Waals surface area contributed by atoms with Crippen LogP contribution in [-0.4, -0.2) is 29.0 Å². The van der Waals surface area contributed by atoms with Crippen LogP contribution in [0.1, 0.15) is 13.8 Å². The fourth-order valence-corrected chi connectivity index (χ4v) is 1.20. The third kappa shape index (κ3) is 3.89. The Labute approximate surface area is 80.4 Å². The first kappa shape index (κ1) is 11.9. The van der Waals surface area contributed by atoms with Crippen LogP contribution in [0.15, 0.2) is 12.7 Å². The number of hydrogen-bond acceptors (Lipinski definition) is 4. The number of carbonyl (C=O) groups excluding carboxylic acids is 2. The van der Waals surface area contributed by atoms with E-state index in [0.29, 0.717) is 10.5 Å². The second kappa shape index (κ2) is 4.81. The van der Waals surface area contributed by atoms with Crippen LogP contribution in [0.5, 0.6) is 0 Å². The van der Waals surface area contributed by atoms with Gasteiger partial charge in [0, 0.05) is 6.08 Å². The molecular weight excluding hydrogens is 188 g/mol. The Morgan fingerprint density at radius 3 is 2.46 bits per heavy atom. The maximum absolute atomic E-state index is 11.1. The highest BCUT2D eigenvalue weighted by Crippen LogP contribution is 2.17. The number of hydrogen-bond donors (Lipinski definition) is 0. The van der Waals surface area contributed by atoms with Crippen molar-refractivity contribution in [1.29, 1.82) is 0 Å². The van der Waals surface area contributed by atoms with E-state index in [0.717, 1.165) is 6.08 Å². The van der Waals surface area contributed by atoms with Crippen molar-refractivity contribution in [3.8, 4) is 0 Å². The molecule has 0 aliphatic rings. The maximum atomic E-state index is 11.1. The average molecular weight is 202 g/mol. The van der Waals surface area contributed by atoms with E-state index >= 15 is 0 Å². The van der Waals surface area contributed by atoms with Gasteiger partial charge in [0.2, 0.25) is 10.5 Å². The molecule has 0 radical (unpaired) electrons. The number of esters is 1. The van der Waals surface area contributed by atoms with E-state index in [-0.39, 0.29) is 12.6 Å². The van der Waals surface area contributed by atoms with Gasteiger partial charge in [-0.25, -0.2) is 4.79 Å². The zero-order chi connectivity index (χ0) is 10.5. The topological polar surface area (TPSA) is 52.6 Å². The second-order valence-corrected chi connectivity index (χ2v) is 3.60. The highest BCUT2D eigenvalue weighted by molar-refractivity contribution is 6.06. The van der Waals surface area contributed by atoms with Crippen LogP contribution in [0.25, 0.3) is 0 Å². The lowest BCUT2D eigenvalue weighted by molar-refractivity contribution is -0.152. The molecule has 5 heteroatoms. The molecule has 0 N–H and O–H groups in total. The van der Waals surface area contributed by atoms with Gasteiger partial charge in [0.25, 0.3) is 0 Å². The van der Waals surface area contributed by atoms with E-state index in [2.05, 4.69) is 11.0 Å². The Morgan fingerprint density at radius 1 is 1.54 bits per heavy atom. The van der Waals surface area contributed by atoms with Crippen LogP contribution in [0.3, 0.4) is 0 Å². The monoisotopic (exact) mass is 202 g/mol. The Balaban J connectivity index is 4.10. The summed E-state index contributed by atoms with van der Waals surface area (Å²) >= 11 is 0. The largest absolute Gasteiger partial charge is 0.528 e. The number of carbonyl (C=O) groups is 2. The van der Waals surface area contributed by atoms with Gasteiger partial charge < -0.3 is 9.16 Å². The second-order valence-electron chi connectivity index (χ2n) is 3.19. The normalized spacial score (nSPS) is 10.6. The minimum Gasteiger partial charge on any atom is -0.528 e. The van der Waals surface area contributed by atoms with Crippen molar-refractivity contribution in [3.05, 3.63) is 12.7 Å². The Hall–Kier alpha value is -1.10. The van der Waals surface area contributed by atoms with Gasteiger partial charge in [0.15, 0.2) is 0 Å². The molecule has 0 aromatic rings. The first-order valence-electron chi connectivity index (χ1n) is 3.81. The number of rotatable bonds is 4. The molecule has 4 nitrogen and oxygen atoms in total. The fraction of sp³-hybridized carbons (Fsp3) is 0.500. The molecule has 0 spiro atoms. The summed E-state index contributed by atoms with van der Waals surface area (Å²) in [4.78, 5) is 21.8. The number of ether oxygens (including phenoxy) is 1. The summed E-state index contributed by atoms with van der Waals surface area (Å²) in [6.07, 6.45) is 1.06. The molecule has 0 bridgehead atoms. The molecule has 0 saturated carbocycles. The van der Waals surface area contributed by atoms with Crippen LogP contribution in [0.2, 0.25) is 0 Å². The molecule has 74 valence electrons. The summed E-state index contributed by atoms with van der Waals surface area (Å²) in [7, 11) is 0.348. The van der Waals surface area contributed by atoms with Crippen LogP contribution >= 0.6 is 0 Å². The third-order valence-corrected chi connectivity index (χ3v) is 1.85. The van der Waals surface area contributed by atoms with Gasteiger partial charge in [-0.2, -0.15) is 0 Å².